The third kappa shape index (κ3) is 12.0. The first kappa shape index (κ1) is 12.4. The van der Waals surface area contributed by atoms with Gasteiger partial charge in [-0.25, -0.2) is 0 Å². The zero-order valence-corrected chi connectivity index (χ0v) is 8.64. The van der Waals surface area contributed by atoms with Gasteiger partial charge in [0.05, 0.1) is 14.4 Å². The van der Waals surface area contributed by atoms with Crippen molar-refractivity contribution in [2.45, 2.75) is 0 Å². The first-order chi connectivity index (χ1) is 3.56. The molecule has 0 saturated carbocycles. The summed E-state index contributed by atoms with van der Waals surface area (Å²) < 4.78 is 13.3. The predicted octanol–water partition coefficient (Wildman–Crippen LogP) is -2.21. The van der Waals surface area contributed by atoms with Crippen molar-refractivity contribution in [3.63, 3.8) is 0 Å². The summed E-state index contributed by atoms with van der Waals surface area (Å²) in [5, 5.41) is 0. The maximum absolute atomic E-state index is 9.58. The Morgan fingerprint density at radius 1 is 1.56 bits per heavy atom. The van der Waals surface area contributed by atoms with Gasteiger partial charge in [0.15, 0.2) is 0 Å². The predicted molar refractivity (Wildman–Crippen MR) is 22.6 cm³/mol. The molecule has 0 aliphatic carbocycles. The van der Waals surface area contributed by atoms with Crippen LogP contribution < -0.4 is 15.5 Å². The van der Waals surface area contributed by atoms with Crippen molar-refractivity contribution in [1.82, 2.24) is 0 Å². The molecule has 0 aromatic heterocycles. The molecule has 0 aromatic carbocycles. The Kier molecular flexibility index (Phi) is 7.53. The molecule has 7 heteroatoms. The van der Waals surface area contributed by atoms with E-state index in [1.165, 1.54) is 0 Å². The minimum Gasteiger partial charge on any atom is -0.790 e. The number of hydrogen-bond acceptors (Lipinski definition) is 5. The minimum atomic E-state index is -4.76. The summed E-state index contributed by atoms with van der Waals surface area (Å²) in [6.45, 7) is -0.196. The van der Waals surface area contributed by atoms with E-state index >= 15 is 0 Å². The molecule has 0 rings (SSSR count). The summed E-state index contributed by atoms with van der Waals surface area (Å²) in [6, 6.07) is 0. The van der Waals surface area contributed by atoms with Gasteiger partial charge in [0.2, 0.25) is 0 Å². The second kappa shape index (κ2) is 5.48. The number of rotatable bonds is 3. The van der Waals surface area contributed by atoms with Crippen molar-refractivity contribution in [2.75, 3.05) is 13.2 Å². The first-order valence-electron chi connectivity index (χ1n) is 1.93. The van der Waals surface area contributed by atoms with Gasteiger partial charge in [-0.2, -0.15) is 0 Å². The minimum absolute atomic E-state index is 0. The van der Waals surface area contributed by atoms with Crippen LogP contribution in [-0.2, 0) is 28.6 Å². The van der Waals surface area contributed by atoms with Crippen LogP contribution in [0.5, 0.6) is 0 Å². The maximum Gasteiger partial charge on any atom is 2.00 e. The van der Waals surface area contributed by atoms with Crippen LogP contribution in [-0.4, -0.2) is 13.2 Å². The molecule has 0 aliphatic rings. The molecule has 9 heavy (non-hydrogen) atoms. The fourth-order valence-electron chi connectivity index (χ4n) is 0.165. The molecule has 5 nitrogen and oxygen atoms in total. The summed E-state index contributed by atoms with van der Waals surface area (Å²) in [6.07, 6.45) is 0. The van der Waals surface area contributed by atoms with Crippen molar-refractivity contribution in [2.24, 2.45) is 5.73 Å². The van der Waals surface area contributed by atoms with Crippen LogP contribution in [0, 0.1) is 0 Å². The molecule has 0 amide bonds. The van der Waals surface area contributed by atoms with Gasteiger partial charge in [0.25, 0.3) is 0 Å². The molecular formula is C2H6NO4PZn. The van der Waals surface area contributed by atoms with Gasteiger partial charge >= 0.3 is 19.5 Å². The topological polar surface area (TPSA) is 98.4 Å². The standard InChI is InChI=1S/C2H8NO4P.Zn/c3-1-2-7-8(4,5)6;/h1-3H2,(H2,4,5,6);/q;+2/p-2. The van der Waals surface area contributed by atoms with Gasteiger partial charge in [-0.3, -0.25) is 0 Å². The quantitative estimate of drug-likeness (QED) is 0.415. The third-order valence-electron chi connectivity index (χ3n) is 0.367. The maximum atomic E-state index is 9.58. The molecule has 0 saturated heterocycles. The molecular weight excluding hydrogens is 198 g/mol. The van der Waals surface area contributed by atoms with E-state index in [0.717, 1.165) is 0 Å². The van der Waals surface area contributed by atoms with E-state index in [4.69, 9.17) is 5.73 Å². The van der Waals surface area contributed by atoms with Crippen LogP contribution in [0.1, 0.15) is 0 Å². The molecule has 0 spiro atoms. The second-order valence-corrected chi connectivity index (χ2v) is 2.22. The van der Waals surface area contributed by atoms with Crippen LogP contribution in [0.3, 0.4) is 0 Å². The van der Waals surface area contributed by atoms with Crippen LogP contribution in [0.2, 0.25) is 0 Å². The summed E-state index contributed by atoms with van der Waals surface area (Å²) in [5.74, 6) is 0. The van der Waals surface area contributed by atoms with Crippen molar-refractivity contribution >= 4 is 7.82 Å². The first-order valence-corrected chi connectivity index (χ1v) is 3.39. The fraction of sp³-hybridized carbons (Fsp3) is 1.00. The van der Waals surface area contributed by atoms with Gasteiger partial charge in [0, 0.05) is 6.54 Å². The molecule has 0 atom stereocenters. The summed E-state index contributed by atoms with van der Waals surface area (Å²) in [5.41, 5.74) is 4.81. The Bertz CT molecular complexity index is 103. The fourth-order valence-corrected chi connectivity index (χ4v) is 0.494. The normalized spacial score (nSPS) is 10.6. The number of hydrogen-bond donors (Lipinski definition) is 1. The Morgan fingerprint density at radius 3 is 2.11 bits per heavy atom. The molecule has 0 bridgehead atoms. The van der Waals surface area contributed by atoms with E-state index in [-0.39, 0.29) is 32.6 Å². The van der Waals surface area contributed by atoms with Crippen molar-refractivity contribution in [3.05, 3.63) is 0 Å². The Balaban J connectivity index is 0. The van der Waals surface area contributed by atoms with Gasteiger partial charge in [-0.1, -0.05) is 0 Å². The van der Waals surface area contributed by atoms with Crippen LogP contribution >= 0.6 is 7.82 Å². The van der Waals surface area contributed by atoms with Gasteiger partial charge in [0.1, 0.15) is 0 Å². The Labute approximate surface area is 65.6 Å². The number of phosphoric acid groups is 1. The van der Waals surface area contributed by atoms with Crippen molar-refractivity contribution < 1.29 is 38.4 Å². The van der Waals surface area contributed by atoms with Crippen molar-refractivity contribution in [1.29, 1.82) is 0 Å². The van der Waals surface area contributed by atoms with Crippen molar-refractivity contribution in [3.8, 4) is 0 Å². The molecule has 0 aromatic rings. The van der Waals surface area contributed by atoms with E-state index in [2.05, 4.69) is 4.52 Å². The van der Waals surface area contributed by atoms with Crippen LogP contribution in [0.25, 0.3) is 0 Å². The van der Waals surface area contributed by atoms with Crippen LogP contribution in [0.4, 0.5) is 0 Å². The van der Waals surface area contributed by atoms with E-state index in [9.17, 15) is 14.4 Å². The molecule has 50 valence electrons. The zero-order chi connectivity index (χ0) is 6.62. The Hall–Kier alpha value is 0.693. The summed E-state index contributed by atoms with van der Waals surface area (Å²) >= 11 is 0. The van der Waals surface area contributed by atoms with Gasteiger partial charge < -0.3 is 24.6 Å². The average molecular weight is 204 g/mol. The average Bonchev–Trinajstić information content (AvgIpc) is 1.59. The van der Waals surface area contributed by atoms with E-state index < -0.39 is 7.82 Å². The largest absolute Gasteiger partial charge is 2.00 e. The summed E-state index contributed by atoms with van der Waals surface area (Å²) in [7, 11) is -4.76. The SMILES string of the molecule is NCCOP(=O)([O-])[O-].[Zn+2]. The zero-order valence-electron chi connectivity index (χ0n) is 4.78. The monoisotopic (exact) mass is 203 g/mol. The number of phosphoric ester groups is 1. The van der Waals surface area contributed by atoms with Gasteiger partial charge in [-0.15, -0.1) is 0 Å². The van der Waals surface area contributed by atoms with E-state index in [0.29, 0.717) is 0 Å². The van der Waals surface area contributed by atoms with E-state index in [1.807, 2.05) is 0 Å². The van der Waals surface area contributed by atoms with Crippen LogP contribution in [0.15, 0.2) is 0 Å². The molecule has 0 radical (unpaired) electrons. The van der Waals surface area contributed by atoms with Gasteiger partial charge in [-0.05, 0) is 0 Å². The molecule has 0 fully saturated rings. The summed E-state index contributed by atoms with van der Waals surface area (Å²) in [4.78, 5) is 19.2. The Morgan fingerprint density at radius 2 is 2.00 bits per heavy atom. The molecule has 0 aliphatic heterocycles. The number of nitrogens with two attached hydrogens (primary N) is 1. The smallest absolute Gasteiger partial charge is 0.790 e. The van der Waals surface area contributed by atoms with E-state index in [1.54, 1.807) is 0 Å². The molecule has 2 N–H and O–H groups in total. The molecule has 0 unspecified atom stereocenters. The third-order valence-corrected chi connectivity index (χ3v) is 0.866. The second-order valence-electron chi connectivity index (χ2n) is 1.07. The molecule has 0 heterocycles.